The second-order valence-corrected chi connectivity index (χ2v) is 3.56. The summed E-state index contributed by atoms with van der Waals surface area (Å²) in [7, 11) is 0. The molecular formula is C11H11NO. The van der Waals surface area contributed by atoms with Crippen LogP contribution in [0, 0.1) is 11.3 Å². The number of rotatable bonds is 2. The number of aliphatic hydroxyl groups is 1. The third kappa shape index (κ3) is 1.56. The van der Waals surface area contributed by atoms with Gasteiger partial charge < -0.3 is 5.11 Å². The molecule has 1 aromatic carbocycles. The van der Waals surface area contributed by atoms with Crippen LogP contribution in [0.5, 0.6) is 0 Å². The maximum absolute atomic E-state index is 9.76. The predicted octanol–water partition coefficient (Wildman–Crippen LogP) is 1.73. The summed E-state index contributed by atoms with van der Waals surface area (Å²) < 4.78 is 0. The summed E-state index contributed by atoms with van der Waals surface area (Å²) in [5, 5.41) is 18.2. The van der Waals surface area contributed by atoms with Gasteiger partial charge in [-0.05, 0) is 24.0 Å². The number of hydrogen-bond acceptors (Lipinski definition) is 2. The highest BCUT2D eigenvalue weighted by Crippen LogP contribution is 2.45. The highest BCUT2D eigenvalue weighted by Gasteiger charge is 2.41. The largest absolute Gasteiger partial charge is 0.385 e. The van der Waals surface area contributed by atoms with E-state index in [2.05, 4.69) is 6.07 Å². The second kappa shape index (κ2) is 2.86. The van der Waals surface area contributed by atoms with Crippen molar-refractivity contribution >= 4 is 0 Å². The molecule has 0 heterocycles. The Bertz CT molecular complexity index is 343. The second-order valence-electron chi connectivity index (χ2n) is 3.56. The van der Waals surface area contributed by atoms with Crippen LogP contribution >= 0.6 is 0 Å². The Morgan fingerprint density at radius 1 is 1.31 bits per heavy atom. The molecular weight excluding hydrogens is 162 g/mol. The molecule has 1 aliphatic rings. The smallest absolute Gasteiger partial charge is 0.0899 e. The van der Waals surface area contributed by atoms with Gasteiger partial charge >= 0.3 is 0 Å². The Morgan fingerprint density at radius 3 is 2.38 bits per heavy atom. The van der Waals surface area contributed by atoms with Gasteiger partial charge in [-0.2, -0.15) is 5.26 Å². The molecule has 1 aromatic rings. The summed E-state index contributed by atoms with van der Waals surface area (Å²) in [6.45, 7) is 0. The Balaban J connectivity index is 2.20. The molecule has 1 aliphatic carbocycles. The first-order chi connectivity index (χ1) is 6.24. The summed E-state index contributed by atoms with van der Waals surface area (Å²) in [6, 6.07) is 9.75. The standard InChI is InChI=1S/C11H11NO/c12-8-5-9-1-3-10(4-2-9)11(13)6-7-11/h1-4,13H,5-7H2. The van der Waals surface area contributed by atoms with Crippen LogP contribution < -0.4 is 0 Å². The van der Waals surface area contributed by atoms with Gasteiger partial charge in [0.05, 0.1) is 18.1 Å². The number of hydrogen-bond donors (Lipinski definition) is 1. The molecule has 0 atom stereocenters. The molecule has 1 saturated carbocycles. The fourth-order valence-corrected chi connectivity index (χ4v) is 1.43. The van der Waals surface area contributed by atoms with Crippen molar-refractivity contribution in [3.63, 3.8) is 0 Å². The highest BCUT2D eigenvalue weighted by atomic mass is 16.3. The molecule has 2 heteroatoms. The molecule has 1 fully saturated rings. The van der Waals surface area contributed by atoms with Gasteiger partial charge in [-0.25, -0.2) is 0 Å². The molecule has 0 unspecified atom stereocenters. The number of nitriles is 1. The van der Waals surface area contributed by atoms with Crippen LogP contribution in [0.4, 0.5) is 0 Å². The maximum atomic E-state index is 9.76. The monoisotopic (exact) mass is 173 g/mol. The van der Waals surface area contributed by atoms with Gasteiger partial charge in [0.15, 0.2) is 0 Å². The van der Waals surface area contributed by atoms with Crippen molar-refractivity contribution in [1.82, 2.24) is 0 Å². The molecule has 2 nitrogen and oxygen atoms in total. The minimum atomic E-state index is -0.550. The van der Waals surface area contributed by atoms with E-state index in [0.29, 0.717) is 6.42 Å². The van der Waals surface area contributed by atoms with Crippen LogP contribution in [0.3, 0.4) is 0 Å². The van der Waals surface area contributed by atoms with Gasteiger partial charge in [-0.15, -0.1) is 0 Å². The molecule has 0 aromatic heterocycles. The van der Waals surface area contributed by atoms with E-state index in [1.165, 1.54) is 0 Å². The zero-order valence-electron chi connectivity index (χ0n) is 7.33. The van der Waals surface area contributed by atoms with Gasteiger partial charge in [0, 0.05) is 0 Å². The minimum Gasteiger partial charge on any atom is -0.385 e. The summed E-state index contributed by atoms with van der Waals surface area (Å²) in [4.78, 5) is 0. The fourth-order valence-electron chi connectivity index (χ4n) is 1.43. The van der Waals surface area contributed by atoms with E-state index in [0.717, 1.165) is 24.0 Å². The van der Waals surface area contributed by atoms with Crippen molar-refractivity contribution < 1.29 is 5.11 Å². The first-order valence-corrected chi connectivity index (χ1v) is 4.43. The van der Waals surface area contributed by atoms with Crippen molar-refractivity contribution in [2.24, 2.45) is 0 Å². The Morgan fingerprint density at radius 2 is 1.92 bits per heavy atom. The molecule has 66 valence electrons. The minimum absolute atomic E-state index is 0.443. The molecule has 0 radical (unpaired) electrons. The SMILES string of the molecule is N#CCc1ccc(C2(O)CC2)cc1. The van der Waals surface area contributed by atoms with E-state index >= 15 is 0 Å². The number of benzene rings is 1. The average Bonchev–Trinajstić information content (AvgIpc) is 2.87. The Hall–Kier alpha value is -1.33. The molecule has 2 rings (SSSR count). The third-order valence-corrected chi connectivity index (χ3v) is 2.50. The first kappa shape index (κ1) is 8.28. The lowest BCUT2D eigenvalue weighted by atomic mass is 10.0. The molecule has 13 heavy (non-hydrogen) atoms. The number of nitrogens with zero attached hydrogens (tertiary/aromatic N) is 1. The van der Waals surface area contributed by atoms with Gasteiger partial charge in [-0.3, -0.25) is 0 Å². The average molecular weight is 173 g/mol. The van der Waals surface area contributed by atoms with Gasteiger partial charge in [-0.1, -0.05) is 24.3 Å². The van der Waals surface area contributed by atoms with Crippen molar-refractivity contribution in [3.8, 4) is 6.07 Å². The Labute approximate surface area is 77.4 Å². The summed E-state index contributed by atoms with van der Waals surface area (Å²) in [6.07, 6.45) is 2.17. The lowest BCUT2D eigenvalue weighted by Crippen LogP contribution is -2.03. The van der Waals surface area contributed by atoms with Crippen LogP contribution in [0.2, 0.25) is 0 Å². The van der Waals surface area contributed by atoms with E-state index in [4.69, 9.17) is 5.26 Å². The summed E-state index contributed by atoms with van der Waals surface area (Å²) in [5.74, 6) is 0. The summed E-state index contributed by atoms with van der Waals surface area (Å²) in [5.41, 5.74) is 1.44. The molecule has 0 saturated heterocycles. The van der Waals surface area contributed by atoms with Crippen LogP contribution in [0.15, 0.2) is 24.3 Å². The highest BCUT2D eigenvalue weighted by molar-refractivity contribution is 5.31. The van der Waals surface area contributed by atoms with Gasteiger partial charge in [0.2, 0.25) is 0 Å². The lowest BCUT2D eigenvalue weighted by molar-refractivity contribution is 0.151. The zero-order valence-corrected chi connectivity index (χ0v) is 7.33. The molecule has 0 amide bonds. The molecule has 1 N–H and O–H groups in total. The normalized spacial score (nSPS) is 17.8. The van der Waals surface area contributed by atoms with Crippen LogP contribution in [0.1, 0.15) is 24.0 Å². The van der Waals surface area contributed by atoms with E-state index in [9.17, 15) is 5.11 Å². The van der Waals surface area contributed by atoms with Gasteiger partial charge in [0.25, 0.3) is 0 Å². The van der Waals surface area contributed by atoms with E-state index < -0.39 is 5.60 Å². The Kier molecular flexibility index (Phi) is 1.82. The van der Waals surface area contributed by atoms with E-state index in [-0.39, 0.29) is 0 Å². The van der Waals surface area contributed by atoms with Crippen molar-refractivity contribution in [3.05, 3.63) is 35.4 Å². The van der Waals surface area contributed by atoms with Crippen molar-refractivity contribution in [2.45, 2.75) is 24.9 Å². The molecule has 0 spiro atoms. The van der Waals surface area contributed by atoms with E-state index in [1.807, 2.05) is 24.3 Å². The third-order valence-electron chi connectivity index (χ3n) is 2.50. The maximum Gasteiger partial charge on any atom is 0.0899 e. The summed E-state index contributed by atoms with van der Waals surface area (Å²) >= 11 is 0. The van der Waals surface area contributed by atoms with Crippen LogP contribution in [0.25, 0.3) is 0 Å². The van der Waals surface area contributed by atoms with Crippen molar-refractivity contribution in [1.29, 1.82) is 5.26 Å². The topological polar surface area (TPSA) is 44.0 Å². The van der Waals surface area contributed by atoms with E-state index in [1.54, 1.807) is 0 Å². The van der Waals surface area contributed by atoms with Crippen molar-refractivity contribution in [2.75, 3.05) is 0 Å². The predicted molar refractivity (Wildman–Crippen MR) is 48.9 cm³/mol. The molecule has 0 aliphatic heterocycles. The van der Waals surface area contributed by atoms with Crippen LogP contribution in [-0.4, -0.2) is 5.11 Å². The first-order valence-electron chi connectivity index (χ1n) is 4.43. The lowest BCUT2D eigenvalue weighted by Gasteiger charge is -2.07. The zero-order chi connectivity index (χ0) is 9.31. The fraction of sp³-hybridized carbons (Fsp3) is 0.364. The quantitative estimate of drug-likeness (QED) is 0.740. The molecule has 0 bridgehead atoms. The van der Waals surface area contributed by atoms with Crippen LogP contribution in [-0.2, 0) is 12.0 Å². The van der Waals surface area contributed by atoms with Gasteiger partial charge in [0.1, 0.15) is 0 Å².